The number of fused-ring (bicyclic) bond motifs is 5. The lowest BCUT2D eigenvalue weighted by Gasteiger charge is -2.23. The fraction of sp³-hybridized carbons (Fsp3) is 0. The first-order chi connectivity index (χ1) is 23.3. The molecule has 1 aliphatic rings. The van der Waals surface area contributed by atoms with Crippen LogP contribution < -0.4 is 4.74 Å². The molecule has 0 amide bonds. The molecule has 0 atom stereocenters. The van der Waals surface area contributed by atoms with Crippen molar-refractivity contribution < 1.29 is 27.0 Å². The molecule has 36 heavy (non-hydrogen) atoms. The summed E-state index contributed by atoms with van der Waals surface area (Å²) in [6, 6.07) is 4.60. The van der Waals surface area contributed by atoms with E-state index in [1.165, 1.54) is 0 Å². The summed E-state index contributed by atoms with van der Waals surface area (Å²) in [5.74, 6) is -0.763. The standard InChI is InChI=1S/C34H20O2/c1-2-9-23(22(8-1)21-16-18-32-29(20-21)26-11-4-6-15-31(26)35-32)24-17-19-33-34-27(24)12-7-13-28(34)25-10-3-5-14-30(25)36-33/h1-20H/i1D,2D,3D,5D,7D,8D,9D,10D,12D,13D,14D,17D,19D. The summed E-state index contributed by atoms with van der Waals surface area (Å²) in [7, 11) is 0. The van der Waals surface area contributed by atoms with Crippen molar-refractivity contribution in [2.75, 3.05) is 0 Å². The lowest BCUT2D eigenvalue weighted by molar-refractivity contribution is 0.487. The minimum absolute atomic E-state index is 0.0390. The van der Waals surface area contributed by atoms with E-state index in [9.17, 15) is 1.37 Å². The summed E-state index contributed by atoms with van der Waals surface area (Å²) in [5, 5.41) is 1.04. The number of hydrogen-bond acceptors (Lipinski definition) is 2. The zero-order chi connectivity index (χ0) is 35.0. The second-order valence-corrected chi connectivity index (χ2v) is 8.32. The molecule has 0 N–H and O–H groups in total. The maximum absolute atomic E-state index is 9.22. The minimum Gasteiger partial charge on any atom is -0.456 e. The molecule has 7 aromatic rings. The average molecular weight is 474 g/mol. The molecule has 0 spiro atoms. The summed E-state index contributed by atoms with van der Waals surface area (Å²) < 4.78 is 126. The van der Waals surface area contributed by atoms with Gasteiger partial charge in [0.2, 0.25) is 0 Å². The van der Waals surface area contributed by atoms with E-state index in [-0.39, 0.29) is 44.3 Å². The highest BCUT2D eigenvalue weighted by molar-refractivity contribution is 6.12. The molecule has 2 heteroatoms. The third kappa shape index (κ3) is 2.73. The molecule has 0 saturated heterocycles. The van der Waals surface area contributed by atoms with E-state index < -0.39 is 84.3 Å². The highest BCUT2D eigenvalue weighted by atomic mass is 16.5. The minimum atomic E-state index is -0.652. The summed E-state index contributed by atoms with van der Waals surface area (Å²) in [5.41, 5.74) is 0.451. The molecule has 0 radical (unpaired) electrons. The van der Waals surface area contributed by atoms with Gasteiger partial charge in [-0.3, -0.25) is 0 Å². The van der Waals surface area contributed by atoms with Crippen LogP contribution in [-0.2, 0) is 0 Å². The van der Waals surface area contributed by atoms with Crippen LogP contribution in [0.4, 0.5) is 0 Å². The maximum Gasteiger partial charge on any atom is 0.135 e. The van der Waals surface area contributed by atoms with Gasteiger partial charge in [-0.2, -0.15) is 0 Å². The molecule has 0 fully saturated rings. The monoisotopic (exact) mass is 473 g/mol. The van der Waals surface area contributed by atoms with Crippen molar-refractivity contribution in [2.45, 2.75) is 0 Å². The van der Waals surface area contributed by atoms with E-state index in [1.54, 1.807) is 24.3 Å². The lowest BCUT2D eigenvalue weighted by atomic mass is 9.87. The number of benzene rings is 6. The van der Waals surface area contributed by atoms with E-state index in [4.69, 9.17) is 25.6 Å². The molecule has 168 valence electrons. The van der Waals surface area contributed by atoms with Gasteiger partial charge in [-0.25, -0.2) is 0 Å². The Morgan fingerprint density at radius 3 is 2.22 bits per heavy atom. The van der Waals surface area contributed by atoms with Gasteiger partial charge in [-0.1, -0.05) is 90.7 Å². The predicted octanol–water partition coefficient (Wildman–Crippen LogP) is 9.85. The molecule has 6 aromatic carbocycles. The van der Waals surface area contributed by atoms with Crippen LogP contribution in [0.15, 0.2) is 125 Å². The van der Waals surface area contributed by atoms with Crippen molar-refractivity contribution in [1.29, 1.82) is 0 Å². The first kappa shape index (κ1) is 10.8. The Kier molecular flexibility index (Phi) is 2.21. The third-order valence-electron chi connectivity index (χ3n) is 6.36. The lowest BCUT2D eigenvalue weighted by Crippen LogP contribution is -1.98. The average Bonchev–Trinajstić information content (AvgIpc) is 3.47. The molecule has 0 aliphatic carbocycles. The van der Waals surface area contributed by atoms with Crippen LogP contribution in [0.3, 0.4) is 0 Å². The van der Waals surface area contributed by atoms with E-state index in [1.807, 2.05) is 18.2 Å². The fourth-order valence-corrected chi connectivity index (χ4v) is 4.77. The van der Waals surface area contributed by atoms with Crippen LogP contribution in [-0.4, -0.2) is 0 Å². The Balaban J connectivity index is 1.58. The van der Waals surface area contributed by atoms with Crippen LogP contribution >= 0.6 is 0 Å². The summed E-state index contributed by atoms with van der Waals surface area (Å²) in [4.78, 5) is 0. The van der Waals surface area contributed by atoms with Crippen molar-refractivity contribution in [2.24, 2.45) is 0 Å². The molecule has 1 aliphatic heterocycles. The molecule has 0 bridgehead atoms. The number of ether oxygens (including phenoxy) is 1. The molecular weight excluding hydrogens is 440 g/mol. The zero-order valence-electron chi connectivity index (χ0n) is 31.4. The Labute approximate surface area is 226 Å². The Morgan fingerprint density at radius 2 is 1.28 bits per heavy atom. The highest BCUT2D eigenvalue weighted by Crippen LogP contribution is 2.49. The largest absolute Gasteiger partial charge is 0.456 e. The molecule has 2 heterocycles. The number of furan rings is 1. The van der Waals surface area contributed by atoms with Crippen LogP contribution in [0.5, 0.6) is 11.5 Å². The van der Waals surface area contributed by atoms with Gasteiger partial charge in [-0.15, -0.1) is 0 Å². The van der Waals surface area contributed by atoms with E-state index in [0.717, 1.165) is 5.39 Å². The third-order valence-corrected chi connectivity index (χ3v) is 6.36. The number of rotatable bonds is 2. The van der Waals surface area contributed by atoms with Gasteiger partial charge in [-0.05, 0) is 63.5 Å². The van der Waals surface area contributed by atoms with Crippen LogP contribution in [0, 0.1) is 0 Å². The van der Waals surface area contributed by atoms with Crippen molar-refractivity contribution in [3.05, 3.63) is 121 Å². The molecule has 0 saturated carbocycles. The molecule has 2 nitrogen and oxygen atoms in total. The van der Waals surface area contributed by atoms with Gasteiger partial charge in [0, 0.05) is 21.7 Å². The zero-order valence-corrected chi connectivity index (χ0v) is 18.4. The SMILES string of the molecule is [2H]c1c([2H])c([2H])c2c(c1[2H])Oc1c([2H])c([2H])c(-c3c([2H])c([2H])c([2H])c([2H])c3-c3ccc4oc5ccccc5c4c3)c3c([2H])c([2H])c([2H])c-2c13. The van der Waals surface area contributed by atoms with E-state index in [0.29, 0.717) is 22.1 Å². The van der Waals surface area contributed by atoms with Crippen LogP contribution in [0.25, 0.3) is 66.1 Å². The number of para-hydroxylation sites is 2. The second kappa shape index (κ2) is 7.34. The van der Waals surface area contributed by atoms with Crippen molar-refractivity contribution >= 4 is 32.7 Å². The summed E-state index contributed by atoms with van der Waals surface area (Å²) in [6.07, 6.45) is 0. The molecule has 1 aromatic heterocycles. The Hall–Kier alpha value is -4.82. The van der Waals surface area contributed by atoms with Crippen LogP contribution in [0.2, 0.25) is 0 Å². The Bertz CT molecular complexity index is 2680. The fourth-order valence-electron chi connectivity index (χ4n) is 4.77. The van der Waals surface area contributed by atoms with Crippen LogP contribution in [0.1, 0.15) is 17.8 Å². The predicted molar refractivity (Wildman–Crippen MR) is 148 cm³/mol. The quantitative estimate of drug-likeness (QED) is 0.249. The first-order valence-corrected chi connectivity index (χ1v) is 11.1. The normalized spacial score (nSPS) is 17.2. The summed E-state index contributed by atoms with van der Waals surface area (Å²) in [6.45, 7) is 0. The van der Waals surface area contributed by atoms with Gasteiger partial charge in [0.15, 0.2) is 0 Å². The van der Waals surface area contributed by atoms with Crippen molar-refractivity contribution in [3.63, 3.8) is 0 Å². The molecule has 0 unspecified atom stereocenters. The smallest absolute Gasteiger partial charge is 0.135 e. The van der Waals surface area contributed by atoms with Gasteiger partial charge in [0.25, 0.3) is 0 Å². The summed E-state index contributed by atoms with van der Waals surface area (Å²) >= 11 is 0. The molecule has 8 rings (SSSR count). The van der Waals surface area contributed by atoms with E-state index >= 15 is 0 Å². The highest BCUT2D eigenvalue weighted by Gasteiger charge is 2.22. The Morgan fingerprint density at radius 1 is 0.500 bits per heavy atom. The van der Waals surface area contributed by atoms with Gasteiger partial charge in [0.1, 0.15) is 22.7 Å². The number of hydrogen-bond donors (Lipinski definition) is 0. The topological polar surface area (TPSA) is 22.4 Å². The van der Waals surface area contributed by atoms with E-state index in [2.05, 4.69) is 0 Å². The maximum atomic E-state index is 9.22. The van der Waals surface area contributed by atoms with Gasteiger partial charge < -0.3 is 9.15 Å². The molecular formula is C34H20O2. The van der Waals surface area contributed by atoms with Gasteiger partial charge in [0.05, 0.1) is 17.8 Å². The second-order valence-electron chi connectivity index (χ2n) is 8.32. The first-order valence-electron chi connectivity index (χ1n) is 17.6. The van der Waals surface area contributed by atoms with Gasteiger partial charge >= 0.3 is 0 Å². The van der Waals surface area contributed by atoms with Crippen molar-refractivity contribution in [3.8, 4) is 44.9 Å². The van der Waals surface area contributed by atoms with Crippen molar-refractivity contribution in [1.82, 2.24) is 0 Å².